The summed E-state index contributed by atoms with van der Waals surface area (Å²) >= 11 is 0. The van der Waals surface area contributed by atoms with E-state index in [4.69, 9.17) is 10.2 Å². The molecule has 5 nitrogen and oxygen atoms in total. The number of carbonyl (C=O) groups excluding carboxylic acids is 1. The SMILES string of the molecule is Cc1ccc(C2CN(CC(C)CN)C(=O)N2)o1. The number of nitrogens with one attached hydrogen (secondary N) is 1. The zero-order chi connectivity index (χ0) is 12.4. The van der Waals surface area contributed by atoms with Crippen molar-refractivity contribution in [1.82, 2.24) is 10.2 Å². The van der Waals surface area contributed by atoms with Crippen molar-refractivity contribution in [2.45, 2.75) is 19.9 Å². The van der Waals surface area contributed by atoms with E-state index in [0.29, 0.717) is 25.6 Å². The average Bonchev–Trinajstić information content (AvgIpc) is 2.86. The standard InChI is InChI=1S/C12H19N3O2/c1-8(5-13)6-15-7-10(14-12(15)16)11-4-3-9(2)17-11/h3-4,8,10H,5-7,13H2,1-2H3,(H,14,16). The van der Waals surface area contributed by atoms with Crippen molar-refractivity contribution in [2.75, 3.05) is 19.6 Å². The Labute approximate surface area is 101 Å². The van der Waals surface area contributed by atoms with Gasteiger partial charge in [-0.25, -0.2) is 4.79 Å². The molecule has 0 spiro atoms. The number of furan rings is 1. The number of hydrogen-bond donors (Lipinski definition) is 2. The molecule has 1 aromatic rings. The first-order valence-corrected chi connectivity index (χ1v) is 5.92. The number of amides is 2. The molecular weight excluding hydrogens is 218 g/mol. The normalized spacial score (nSPS) is 21.7. The van der Waals surface area contributed by atoms with Crippen LogP contribution >= 0.6 is 0 Å². The van der Waals surface area contributed by atoms with Gasteiger partial charge in [-0.15, -0.1) is 0 Å². The maximum Gasteiger partial charge on any atom is 0.318 e. The highest BCUT2D eigenvalue weighted by molar-refractivity contribution is 5.77. The first kappa shape index (κ1) is 12.0. The zero-order valence-electron chi connectivity index (χ0n) is 10.3. The van der Waals surface area contributed by atoms with Crippen LogP contribution in [-0.2, 0) is 0 Å². The Kier molecular flexibility index (Phi) is 3.38. The van der Waals surface area contributed by atoms with Crippen LogP contribution in [0.4, 0.5) is 4.79 Å². The molecule has 1 aromatic heterocycles. The highest BCUT2D eigenvalue weighted by atomic mass is 16.3. The van der Waals surface area contributed by atoms with Gasteiger partial charge in [-0.05, 0) is 31.5 Å². The minimum atomic E-state index is -0.0406. The molecule has 1 fully saturated rings. The van der Waals surface area contributed by atoms with E-state index in [1.54, 1.807) is 4.90 Å². The predicted octanol–water partition coefficient (Wildman–Crippen LogP) is 1.25. The molecule has 0 saturated carbocycles. The van der Waals surface area contributed by atoms with Gasteiger partial charge >= 0.3 is 6.03 Å². The second-order valence-corrected chi connectivity index (χ2v) is 4.70. The molecule has 2 rings (SSSR count). The molecule has 2 unspecified atom stereocenters. The molecule has 1 aliphatic heterocycles. The largest absolute Gasteiger partial charge is 0.464 e. The van der Waals surface area contributed by atoms with Crippen LogP contribution in [0.25, 0.3) is 0 Å². The average molecular weight is 237 g/mol. The van der Waals surface area contributed by atoms with Gasteiger partial charge in [-0.1, -0.05) is 6.92 Å². The maximum atomic E-state index is 11.7. The van der Waals surface area contributed by atoms with Crippen LogP contribution in [-0.4, -0.2) is 30.6 Å². The van der Waals surface area contributed by atoms with Crippen molar-refractivity contribution in [3.63, 3.8) is 0 Å². The van der Waals surface area contributed by atoms with E-state index in [-0.39, 0.29) is 12.1 Å². The lowest BCUT2D eigenvalue weighted by Crippen LogP contribution is -2.34. The molecule has 1 aliphatic rings. The second-order valence-electron chi connectivity index (χ2n) is 4.70. The number of rotatable bonds is 4. The summed E-state index contributed by atoms with van der Waals surface area (Å²) in [5.74, 6) is 2.00. The third-order valence-corrected chi connectivity index (χ3v) is 3.03. The Bertz CT molecular complexity index is 402. The first-order chi connectivity index (χ1) is 8.10. The van der Waals surface area contributed by atoms with E-state index < -0.39 is 0 Å². The Morgan fingerprint density at radius 2 is 2.41 bits per heavy atom. The number of urea groups is 1. The van der Waals surface area contributed by atoms with Gasteiger partial charge in [0.1, 0.15) is 17.6 Å². The second kappa shape index (κ2) is 4.79. The Hall–Kier alpha value is -1.49. The summed E-state index contributed by atoms with van der Waals surface area (Å²) in [6.07, 6.45) is 0. The molecule has 2 atom stereocenters. The molecule has 3 N–H and O–H groups in total. The molecule has 5 heteroatoms. The minimum Gasteiger partial charge on any atom is -0.464 e. The van der Waals surface area contributed by atoms with Crippen molar-refractivity contribution >= 4 is 6.03 Å². The van der Waals surface area contributed by atoms with Gasteiger partial charge in [0.05, 0.1) is 0 Å². The smallest absolute Gasteiger partial charge is 0.318 e. The van der Waals surface area contributed by atoms with E-state index in [0.717, 1.165) is 11.5 Å². The summed E-state index contributed by atoms with van der Waals surface area (Å²) in [5, 5.41) is 2.92. The van der Waals surface area contributed by atoms with Crippen LogP contribution < -0.4 is 11.1 Å². The Morgan fingerprint density at radius 1 is 1.65 bits per heavy atom. The van der Waals surface area contributed by atoms with Crippen molar-refractivity contribution < 1.29 is 9.21 Å². The fourth-order valence-corrected chi connectivity index (χ4v) is 2.00. The van der Waals surface area contributed by atoms with Crippen LogP contribution in [0.1, 0.15) is 24.5 Å². The highest BCUT2D eigenvalue weighted by Gasteiger charge is 2.31. The Balaban J connectivity index is 1.99. The molecule has 0 radical (unpaired) electrons. The summed E-state index contributed by atoms with van der Waals surface area (Å²) < 4.78 is 5.53. The molecule has 1 saturated heterocycles. The third kappa shape index (κ3) is 2.61. The van der Waals surface area contributed by atoms with Gasteiger partial charge in [0.25, 0.3) is 0 Å². The van der Waals surface area contributed by atoms with Crippen LogP contribution in [0.5, 0.6) is 0 Å². The summed E-state index contributed by atoms with van der Waals surface area (Å²) in [5.41, 5.74) is 5.57. The summed E-state index contributed by atoms with van der Waals surface area (Å²) in [7, 11) is 0. The van der Waals surface area contributed by atoms with Crippen molar-refractivity contribution in [3.8, 4) is 0 Å². The molecule has 17 heavy (non-hydrogen) atoms. The van der Waals surface area contributed by atoms with Gasteiger partial charge in [0.2, 0.25) is 0 Å². The topological polar surface area (TPSA) is 71.5 Å². The lowest BCUT2D eigenvalue weighted by molar-refractivity contribution is 0.210. The number of nitrogens with two attached hydrogens (primary N) is 1. The first-order valence-electron chi connectivity index (χ1n) is 5.92. The molecule has 0 aliphatic carbocycles. The number of carbonyl (C=O) groups is 1. The number of nitrogens with zero attached hydrogens (tertiary/aromatic N) is 1. The van der Waals surface area contributed by atoms with Crippen LogP contribution in [0.2, 0.25) is 0 Å². The third-order valence-electron chi connectivity index (χ3n) is 3.03. The zero-order valence-corrected chi connectivity index (χ0v) is 10.3. The quantitative estimate of drug-likeness (QED) is 0.827. The van der Waals surface area contributed by atoms with E-state index >= 15 is 0 Å². The van der Waals surface area contributed by atoms with Gasteiger partial charge in [0.15, 0.2) is 0 Å². The van der Waals surface area contributed by atoms with Gasteiger partial charge in [-0.2, -0.15) is 0 Å². The van der Waals surface area contributed by atoms with E-state index in [9.17, 15) is 4.79 Å². The molecular formula is C12H19N3O2. The molecule has 0 bridgehead atoms. The number of hydrogen-bond acceptors (Lipinski definition) is 3. The minimum absolute atomic E-state index is 0.0376. The van der Waals surface area contributed by atoms with Gasteiger partial charge < -0.3 is 20.4 Å². The lowest BCUT2D eigenvalue weighted by atomic mass is 10.1. The fourth-order valence-electron chi connectivity index (χ4n) is 2.00. The highest BCUT2D eigenvalue weighted by Crippen LogP contribution is 2.22. The van der Waals surface area contributed by atoms with Crippen molar-refractivity contribution in [3.05, 3.63) is 23.7 Å². The van der Waals surface area contributed by atoms with Crippen LogP contribution in [0, 0.1) is 12.8 Å². The predicted molar refractivity (Wildman–Crippen MR) is 64.5 cm³/mol. The molecule has 2 heterocycles. The molecule has 94 valence electrons. The summed E-state index contributed by atoms with van der Waals surface area (Å²) in [6.45, 7) is 5.87. The van der Waals surface area contributed by atoms with E-state index in [1.807, 2.05) is 26.0 Å². The summed E-state index contributed by atoms with van der Waals surface area (Å²) in [6, 6.07) is 3.74. The van der Waals surface area contributed by atoms with E-state index in [2.05, 4.69) is 5.32 Å². The molecule has 2 amide bonds. The summed E-state index contributed by atoms with van der Waals surface area (Å²) in [4.78, 5) is 13.5. The Morgan fingerprint density at radius 3 is 3.00 bits per heavy atom. The monoisotopic (exact) mass is 237 g/mol. The van der Waals surface area contributed by atoms with Gasteiger partial charge in [-0.3, -0.25) is 0 Å². The van der Waals surface area contributed by atoms with Crippen molar-refractivity contribution in [2.24, 2.45) is 11.7 Å². The molecule has 0 aromatic carbocycles. The fraction of sp³-hybridized carbons (Fsp3) is 0.583. The lowest BCUT2D eigenvalue weighted by Gasteiger charge is -2.18. The van der Waals surface area contributed by atoms with Crippen molar-refractivity contribution in [1.29, 1.82) is 0 Å². The van der Waals surface area contributed by atoms with Crippen LogP contribution in [0.15, 0.2) is 16.5 Å². The maximum absolute atomic E-state index is 11.7. The van der Waals surface area contributed by atoms with Gasteiger partial charge in [0, 0.05) is 13.1 Å². The number of aryl methyl sites for hydroxylation is 1. The van der Waals surface area contributed by atoms with Crippen LogP contribution in [0.3, 0.4) is 0 Å². The van der Waals surface area contributed by atoms with E-state index in [1.165, 1.54) is 0 Å².